The first-order chi connectivity index (χ1) is 8.29. The Hall–Kier alpha value is -1.23. The molecule has 0 aromatic rings. The maximum atomic E-state index is 11.4. The first kappa shape index (κ1) is 16.8. The SMILES string of the molecule is C=CC(CCC#CCOC(=O)C(C)(C)C)C(C)C. The van der Waals surface area contributed by atoms with Crippen molar-refractivity contribution >= 4 is 5.97 Å². The molecule has 2 heteroatoms. The molecule has 0 saturated carbocycles. The molecular formula is C16H26O2. The topological polar surface area (TPSA) is 26.3 Å². The Morgan fingerprint density at radius 3 is 2.39 bits per heavy atom. The van der Waals surface area contributed by atoms with Crippen LogP contribution < -0.4 is 0 Å². The fraction of sp³-hybridized carbons (Fsp3) is 0.688. The summed E-state index contributed by atoms with van der Waals surface area (Å²) in [5.41, 5.74) is -0.451. The smallest absolute Gasteiger partial charge is 0.312 e. The highest BCUT2D eigenvalue weighted by Crippen LogP contribution is 2.17. The molecule has 0 fully saturated rings. The molecule has 102 valence electrons. The number of ether oxygens (including phenoxy) is 1. The van der Waals surface area contributed by atoms with Crippen LogP contribution in [0.2, 0.25) is 0 Å². The minimum absolute atomic E-state index is 0.191. The Morgan fingerprint density at radius 1 is 1.33 bits per heavy atom. The van der Waals surface area contributed by atoms with E-state index in [9.17, 15) is 4.79 Å². The summed E-state index contributed by atoms with van der Waals surface area (Å²) in [7, 11) is 0. The molecule has 0 aliphatic heterocycles. The number of carbonyl (C=O) groups excluding carboxylic acids is 1. The van der Waals surface area contributed by atoms with Crippen molar-refractivity contribution in [3.05, 3.63) is 12.7 Å². The summed E-state index contributed by atoms with van der Waals surface area (Å²) in [6.45, 7) is 13.9. The summed E-state index contributed by atoms with van der Waals surface area (Å²) in [6.07, 6.45) is 3.83. The first-order valence-electron chi connectivity index (χ1n) is 6.54. The molecule has 0 bridgehead atoms. The van der Waals surface area contributed by atoms with Gasteiger partial charge in [-0.1, -0.05) is 31.8 Å². The summed E-state index contributed by atoms with van der Waals surface area (Å²) in [4.78, 5) is 11.4. The quantitative estimate of drug-likeness (QED) is 0.421. The van der Waals surface area contributed by atoms with E-state index < -0.39 is 5.41 Å². The second kappa shape index (κ2) is 7.97. The molecule has 1 unspecified atom stereocenters. The summed E-state index contributed by atoms with van der Waals surface area (Å²) >= 11 is 0. The van der Waals surface area contributed by atoms with Gasteiger partial charge in [0.1, 0.15) is 0 Å². The van der Waals surface area contributed by atoms with Gasteiger partial charge in [0, 0.05) is 6.42 Å². The molecule has 1 atom stereocenters. The normalized spacial score (nSPS) is 12.6. The molecule has 0 rings (SSSR count). The third kappa shape index (κ3) is 7.17. The van der Waals surface area contributed by atoms with Gasteiger partial charge in [-0.25, -0.2) is 0 Å². The van der Waals surface area contributed by atoms with Gasteiger partial charge in [0.05, 0.1) is 5.41 Å². The molecule has 0 aliphatic carbocycles. The molecule has 0 radical (unpaired) electrons. The molecule has 0 aromatic heterocycles. The fourth-order valence-corrected chi connectivity index (χ4v) is 1.42. The van der Waals surface area contributed by atoms with Gasteiger partial charge in [-0.05, 0) is 39.0 Å². The Kier molecular flexibility index (Phi) is 7.43. The lowest BCUT2D eigenvalue weighted by Crippen LogP contribution is -2.22. The van der Waals surface area contributed by atoms with Crippen molar-refractivity contribution in [1.82, 2.24) is 0 Å². The molecule has 2 nitrogen and oxygen atoms in total. The number of hydrogen-bond acceptors (Lipinski definition) is 2. The first-order valence-corrected chi connectivity index (χ1v) is 6.54. The molecule has 0 saturated heterocycles. The van der Waals surface area contributed by atoms with Crippen LogP contribution in [0.1, 0.15) is 47.5 Å². The maximum absolute atomic E-state index is 11.4. The summed E-state index contributed by atoms with van der Waals surface area (Å²) in [5, 5.41) is 0. The average Bonchev–Trinajstić information content (AvgIpc) is 2.25. The van der Waals surface area contributed by atoms with Gasteiger partial charge < -0.3 is 4.74 Å². The minimum Gasteiger partial charge on any atom is -0.452 e. The van der Waals surface area contributed by atoms with Crippen LogP contribution in [0, 0.1) is 29.1 Å². The van der Waals surface area contributed by atoms with E-state index in [1.807, 2.05) is 26.8 Å². The van der Waals surface area contributed by atoms with Crippen LogP contribution in [0.15, 0.2) is 12.7 Å². The van der Waals surface area contributed by atoms with Crippen LogP contribution in [0.3, 0.4) is 0 Å². The summed E-state index contributed by atoms with van der Waals surface area (Å²) in [5.74, 6) is 6.82. The Balaban J connectivity index is 3.87. The van der Waals surface area contributed by atoms with E-state index in [-0.39, 0.29) is 12.6 Å². The van der Waals surface area contributed by atoms with Crippen molar-refractivity contribution in [3.63, 3.8) is 0 Å². The zero-order chi connectivity index (χ0) is 14.2. The van der Waals surface area contributed by atoms with Gasteiger partial charge in [0.15, 0.2) is 6.61 Å². The van der Waals surface area contributed by atoms with Gasteiger partial charge >= 0.3 is 5.97 Å². The fourth-order valence-electron chi connectivity index (χ4n) is 1.42. The Bertz CT molecular complexity index is 323. The van der Waals surface area contributed by atoms with E-state index in [0.29, 0.717) is 11.8 Å². The number of rotatable bonds is 5. The standard InChI is InChI=1S/C16H26O2/c1-7-14(13(2)3)11-9-8-10-12-18-15(17)16(4,5)6/h7,13-14H,1,9,11-12H2,2-6H3. The Morgan fingerprint density at radius 2 is 1.94 bits per heavy atom. The predicted octanol–water partition coefficient (Wildman–Crippen LogP) is 3.82. The van der Waals surface area contributed by atoms with E-state index in [1.54, 1.807) is 0 Å². The van der Waals surface area contributed by atoms with E-state index in [2.05, 4.69) is 32.3 Å². The van der Waals surface area contributed by atoms with Crippen molar-refractivity contribution in [2.24, 2.45) is 17.3 Å². The van der Waals surface area contributed by atoms with E-state index in [1.165, 1.54) is 0 Å². The van der Waals surface area contributed by atoms with Gasteiger partial charge in [0.25, 0.3) is 0 Å². The molecule has 0 amide bonds. The van der Waals surface area contributed by atoms with Crippen LogP contribution >= 0.6 is 0 Å². The van der Waals surface area contributed by atoms with Crippen LogP contribution in [0.25, 0.3) is 0 Å². The van der Waals surface area contributed by atoms with Crippen molar-refractivity contribution < 1.29 is 9.53 Å². The lowest BCUT2D eigenvalue weighted by atomic mass is 9.91. The monoisotopic (exact) mass is 250 g/mol. The Labute approximate surface area is 112 Å². The molecule has 0 aromatic carbocycles. The van der Waals surface area contributed by atoms with Gasteiger partial charge in [-0.15, -0.1) is 6.58 Å². The molecule has 0 heterocycles. The molecule has 0 aliphatic rings. The third-order valence-corrected chi connectivity index (χ3v) is 2.77. The van der Waals surface area contributed by atoms with Crippen LogP contribution in [-0.4, -0.2) is 12.6 Å². The van der Waals surface area contributed by atoms with Crippen molar-refractivity contribution in [2.75, 3.05) is 6.61 Å². The van der Waals surface area contributed by atoms with E-state index >= 15 is 0 Å². The van der Waals surface area contributed by atoms with Crippen molar-refractivity contribution in [3.8, 4) is 11.8 Å². The highest BCUT2D eigenvalue weighted by Gasteiger charge is 2.22. The second-order valence-electron chi connectivity index (χ2n) is 5.86. The zero-order valence-electron chi connectivity index (χ0n) is 12.4. The molecule has 0 N–H and O–H groups in total. The summed E-state index contributed by atoms with van der Waals surface area (Å²) < 4.78 is 5.05. The zero-order valence-corrected chi connectivity index (χ0v) is 12.4. The highest BCUT2D eigenvalue weighted by molar-refractivity contribution is 5.75. The lowest BCUT2D eigenvalue weighted by molar-refractivity contribution is -0.151. The minimum atomic E-state index is -0.451. The largest absolute Gasteiger partial charge is 0.452 e. The van der Waals surface area contributed by atoms with Crippen LogP contribution in [-0.2, 0) is 9.53 Å². The predicted molar refractivity (Wildman–Crippen MR) is 75.9 cm³/mol. The van der Waals surface area contributed by atoms with Crippen LogP contribution in [0.5, 0.6) is 0 Å². The number of allylic oxidation sites excluding steroid dienone is 1. The van der Waals surface area contributed by atoms with Gasteiger partial charge in [-0.2, -0.15) is 0 Å². The highest BCUT2D eigenvalue weighted by atomic mass is 16.5. The third-order valence-electron chi connectivity index (χ3n) is 2.77. The molecule has 0 spiro atoms. The molecule has 18 heavy (non-hydrogen) atoms. The van der Waals surface area contributed by atoms with E-state index in [4.69, 9.17) is 4.74 Å². The number of hydrogen-bond donors (Lipinski definition) is 0. The summed E-state index contributed by atoms with van der Waals surface area (Å²) in [6, 6.07) is 0. The van der Waals surface area contributed by atoms with Gasteiger partial charge in [-0.3, -0.25) is 4.79 Å². The second-order valence-corrected chi connectivity index (χ2v) is 5.86. The molecular weight excluding hydrogens is 224 g/mol. The van der Waals surface area contributed by atoms with Gasteiger partial charge in [0.2, 0.25) is 0 Å². The maximum Gasteiger partial charge on any atom is 0.312 e. The number of esters is 1. The lowest BCUT2D eigenvalue weighted by Gasteiger charge is -2.15. The van der Waals surface area contributed by atoms with Crippen molar-refractivity contribution in [2.45, 2.75) is 47.5 Å². The van der Waals surface area contributed by atoms with Crippen LogP contribution in [0.4, 0.5) is 0 Å². The van der Waals surface area contributed by atoms with Crippen molar-refractivity contribution in [1.29, 1.82) is 0 Å². The average molecular weight is 250 g/mol. The number of carbonyl (C=O) groups is 1. The van der Waals surface area contributed by atoms with E-state index in [0.717, 1.165) is 12.8 Å².